The van der Waals surface area contributed by atoms with Crippen molar-refractivity contribution in [2.24, 2.45) is 11.8 Å². The zero-order chi connectivity index (χ0) is 28.5. The van der Waals surface area contributed by atoms with E-state index in [0.717, 1.165) is 11.1 Å². The molecule has 2 aliphatic heterocycles. The molecule has 2 aromatic carbocycles. The molecular weight excluding hydrogens is 492 g/mol. The van der Waals surface area contributed by atoms with Crippen LogP contribution in [0.15, 0.2) is 60.8 Å². The Hall–Kier alpha value is -3.65. The van der Waals surface area contributed by atoms with Crippen molar-refractivity contribution in [3.63, 3.8) is 0 Å². The van der Waals surface area contributed by atoms with E-state index >= 15 is 0 Å². The second kappa shape index (κ2) is 13.9. The highest BCUT2D eigenvalue weighted by Gasteiger charge is 2.38. The first-order valence-electron chi connectivity index (χ1n) is 13.6. The summed E-state index contributed by atoms with van der Waals surface area (Å²) in [6, 6.07) is 14.8. The van der Waals surface area contributed by atoms with Crippen LogP contribution < -0.4 is 20.7 Å². The Morgan fingerprint density at radius 1 is 0.974 bits per heavy atom. The maximum atomic E-state index is 13.9. The van der Waals surface area contributed by atoms with E-state index in [9.17, 15) is 14.4 Å². The molecule has 210 valence electrons. The third kappa shape index (κ3) is 8.68. The van der Waals surface area contributed by atoms with Gasteiger partial charge in [0.2, 0.25) is 17.7 Å². The molecule has 2 aliphatic rings. The molecule has 0 aliphatic carbocycles. The van der Waals surface area contributed by atoms with Crippen LogP contribution in [-0.4, -0.2) is 60.9 Å². The Labute approximate surface area is 232 Å². The fraction of sp³-hybridized carbons (Fsp3) is 0.452. The number of benzene rings is 2. The first-order chi connectivity index (χ1) is 18.5. The van der Waals surface area contributed by atoms with Crippen LogP contribution in [0, 0.1) is 11.8 Å². The van der Waals surface area contributed by atoms with Gasteiger partial charge >= 0.3 is 0 Å². The van der Waals surface area contributed by atoms with E-state index in [0.29, 0.717) is 18.6 Å². The zero-order valence-electron chi connectivity index (χ0n) is 23.8. The quantitative estimate of drug-likeness (QED) is 0.482. The Kier molecular flexibility index (Phi) is 10.7. The number of fused-ring (bicyclic) bond motifs is 10. The standard InChI is InChI=1S/C31H42N4O4/c1-20(2)18-25-29(36)32-17-16-22-12-14-24(15-13-22)39-28(21(3)4)27(31(38)33-25)34-30(37)26(35(5)6)19-23-10-8-7-9-11-23/h7-17,20-21,25-28H,18-19H2,1-6H3,(H,32,36)(H,33,38)(H,34,37). The number of carbonyl (C=O) groups is 3. The van der Waals surface area contributed by atoms with E-state index in [1.165, 1.54) is 0 Å². The Bertz CT molecular complexity index is 1130. The minimum atomic E-state index is -1.03. The summed E-state index contributed by atoms with van der Waals surface area (Å²) in [6.07, 6.45) is 3.61. The summed E-state index contributed by atoms with van der Waals surface area (Å²) in [7, 11) is 3.69. The second-order valence-electron chi connectivity index (χ2n) is 11.1. The lowest BCUT2D eigenvalue weighted by molar-refractivity contribution is -0.136. The third-order valence-corrected chi connectivity index (χ3v) is 6.76. The fourth-order valence-electron chi connectivity index (χ4n) is 4.58. The second-order valence-corrected chi connectivity index (χ2v) is 11.1. The molecule has 2 heterocycles. The van der Waals surface area contributed by atoms with Crippen molar-refractivity contribution in [2.75, 3.05) is 14.1 Å². The van der Waals surface area contributed by atoms with Gasteiger partial charge in [-0.15, -0.1) is 0 Å². The predicted molar refractivity (Wildman–Crippen MR) is 154 cm³/mol. The Balaban J connectivity index is 1.98. The van der Waals surface area contributed by atoms with Crippen molar-refractivity contribution in [1.29, 1.82) is 0 Å². The van der Waals surface area contributed by atoms with Crippen molar-refractivity contribution in [2.45, 2.75) is 64.8 Å². The van der Waals surface area contributed by atoms with Crippen LogP contribution in [0.25, 0.3) is 6.08 Å². The number of hydrogen-bond acceptors (Lipinski definition) is 5. The van der Waals surface area contributed by atoms with Crippen molar-refractivity contribution in [3.05, 3.63) is 71.9 Å². The number of rotatable bonds is 8. The lowest BCUT2D eigenvalue weighted by atomic mass is 9.96. The summed E-state index contributed by atoms with van der Waals surface area (Å²) in [5.41, 5.74) is 1.91. The van der Waals surface area contributed by atoms with Gasteiger partial charge in [0.15, 0.2) is 0 Å². The Morgan fingerprint density at radius 2 is 1.64 bits per heavy atom. The average Bonchev–Trinajstić information content (AvgIpc) is 2.89. The van der Waals surface area contributed by atoms with Crippen LogP contribution in [0.4, 0.5) is 0 Å². The van der Waals surface area contributed by atoms with Crippen LogP contribution in [0.1, 0.15) is 45.2 Å². The summed E-state index contributed by atoms with van der Waals surface area (Å²) >= 11 is 0. The van der Waals surface area contributed by atoms with E-state index < -0.39 is 30.1 Å². The number of nitrogens with one attached hydrogen (secondary N) is 3. The van der Waals surface area contributed by atoms with Gasteiger partial charge in [0.05, 0.1) is 6.04 Å². The molecule has 0 saturated heterocycles. The summed E-state index contributed by atoms with van der Waals surface area (Å²) < 4.78 is 6.35. The van der Waals surface area contributed by atoms with Gasteiger partial charge in [-0.2, -0.15) is 0 Å². The minimum absolute atomic E-state index is 0.127. The summed E-state index contributed by atoms with van der Waals surface area (Å²) in [6.45, 7) is 7.88. The van der Waals surface area contributed by atoms with Crippen molar-refractivity contribution in [3.8, 4) is 5.75 Å². The molecule has 3 N–H and O–H groups in total. The molecule has 39 heavy (non-hydrogen) atoms. The number of hydrogen-bond donors (Lipinski definition) is 3. The highest BCUT2D eigenvalue weighted by Crippen LogP contribution is 2.21. The van der Waals surface area contributed by atoms with E-state index in [1.54, 1.807) is 12.3 Å². The van der Waals surface area contributed by atoms with E-state index in [2.05, 4.69) is 16.0 Å². The summed E-state index contributed by atoms with van der Waals surface area (Å²) in [5.74, 6) is -0.446. The van der Waals surface area contributed by atoms with Gasteiger partial charge in [0, 0.05) is 6.20 Å². The van der Waals surface area contributed by atoms with Crippen molar-refractivity contribution >= 4 is 23.8 Å². The molecular formula is C31H42N4O4. The molecule has 0 spiro atoms. The predicted octanol–water partition coefficient (Wildman–Crippen LogP) is 3.38. The smallest absolute Gasteiger partial charge is 0.247 e. The van der Waals surface area contributed by atoms with E-state index in [-0.39, 0.29) is 23.7 Å². The van der Waals surface area contributed by atoms with Crippen LogP contribution in [-0.2, 0) is 20.8 Å². The number of ether oxygens (including phenoxy) is 1. The molecule has 8 nitrogen and oxygen atoms in total. The van der Waals surface area contributed by atoms with Gasteiger partial charge in [0.25, 0.3) is 0 Å². The molecule has 4 atom stereocenters. The Morgan fingerprint density at radius 3 is 2.23 bits per heavy atom. The fourth-order valence-corrected chi connectivity index (χ4v) is 4.58. The van der Waals surface area contributed by atoms with Crippen molar-refractivity contribution in [1.82, 2.24) is 20.9 Å². The lowest BCUT2D eigenvalue weighted by Gasteiger charge is -2.34. The highest BCUT2D eigenvalue weighted by atomic mass is 16.5. The molecule has 3 amide bonds. The number of likely N-dealkylation sites (N-methyl/N-ethyl adjacent to an activating group) is 1. The molecule has 0 saturated carbocycles. The van der Waals surface area contributed by atoms with E-state index in [1.807, 2.05) is 101 Å². The highest BCUT2D eigenvalue weighted by molar-refractivity contribution is 5.94. The molecule has 4 rings (SSSR count). The van der Waals surface area contributed by atoms with Crippen LogP contribution in [0.5, 0.6) is 5.75 Å². The summed E-state index contributed by atoms with van der Waals surface area (Å²) in [5, 5.41) is 8.70. The van der Waals surface area contributed by atoms with Gasteiger partial charge in [0.1, 0.15) is 23.9 Å². The molecule has 2 bridgehead atoms. The molecule has 0 aromatic heterocycles. The van der Waals surface area contributed by atoms with Gasteiger partial charge < -0.3 is 20.7 Å². The maximum Gasteiger partial charge on any atom is 0.247 e. The number of nitrogens with zero attached hydrogens (tertiary/aromatic N) is 1. The van der Waals surface area contributed by atoms with Crippen LogP contribution >= 0.6 is 0 Å². The monoisotopic (exact) mass is 534 g/mol. The summed E-state index contributed by atoms with van der Waals surface area (Å²) in [4.78, 5) is 42.5. The SMILES string of the molecule is CC(C)CC1NC(=O)C(NC(=O)C(Cc2ccccc2)N(C)C)C(C(C)C)Oc2ccc(cc2)C=CNC1=O. The molecule has 0 radical (unpaired) electrons. The number of carbonyl (C=O) groups excluding carboxylic acids is 3. The average molecular weight is 535 g/mol. The van der Waals surface area contributed by atoms with Crippen LogP contribution in [0.3, 0.4) is 0 Å². The molecule has 0 fully saturated rings. The van der Waals surface area contributed by atoms with Crippen LogP contribution in [0.2, 0.25) is 0 Å². The lowest BCUT2D eigenvalue weighted by Crippen LogP contribution is -2.62. The van der Waals surface area contributed by atoms with Gasteiger partial charge in [-0.3, -0.25) is 19.3 Å². The normalized spacial score (nSPS) is 20.8. The first kappa shape index (κ1) is 29.9. The topological polar surface area (TPSA) is 99.8 Å². The van der Waals surface area contributed by atoms with Gasteiger partial charge in [-0.05, 0) is 68.1 Å². The van der Waals surface area contributed by atoms with Gasteiger partial charge in [-0.25, -0.2) is 0 Å². The number of amides is 3. The van der Waals surface area contributed by atoms with Crippen molar-refractivity contribution < 1.29 is 19.1 Å². The molecule has 2 aromatic rings. The molecule has 4 unspecified atom stereocenters. The third-order valence-electron chi connectivity index (χ3n) is 6.76. The first-order valence-corrected chi connectivity index (χ1v) is 13.6. The minimum Gasteiger partial charge on any atom is -0.487 e. The largest absolute Gasteiger partial charge is 0.487 e. The van der Waals surface area contributed by atoms with E-state index in [4.69, 9.17) is 4.74 Å². The maximum absolute atomic E-state index is 13.9. The zero-order valence-corrected chi connectivity index (χ0v) is 23.8. The van der Waals surface area contributed by atoms with Gasteiger partial charge in [-0.1, -0.05) is 70.2 Å². The molecule has 8 heteroatoms.